The average molecular weight is 383 g/mol. The van der Waals surface area contributed by atoms with Gasteiger partial charge in [-0.2, -0.15) is 26.3 Å². The zero-order valence-corrected chi connectivity index (χ0v) is 12.8. The van der Waals surface area contributed by atoms with E-state index in [2.05, 4.69) is 14.1 Å². The SMILES string of the molecule is O=C(OC(C(F)(F)F)C(F)(F)SOO[O-])c1cccc2ccccc12. The van der Waals surface area contributed by atoms with Crippen LogP contribution >= 0.6 is 12.0 Å². The van der Waals surface area contributed by atoms with Crippen molar-refractivity contribution in [2.45, 2.75) is 17.5 Å². The summed E-state index contributed by atoms with van der Waals surface area (Å²) in [6.45, 7) is 0. The largest absolute Gasteiger partial charge is 0.691 e. The minimum Gasteiger partial charge on any atom is -0.691 e. The van der Waals surface area contributed by atoms with Crippen LogP contribution in [0.25, 0.3) is 10.8 Å². The molecule has 0 aliphatic heterocycles. The van der Waals surface area contributed by atoms with Crippen LogP contribution in [0.2, 0.25) is 0 Å². The van der Waals surface area contributed by atoms with Gasteiger partial charge in [-0.3, -0.25) is 5.04 Å². The van der Waals surface area contributed by atoms with Gasteiger partial charge in [0.05, 0.1) is 5.56 Å². The number of carbonyl (C=O) groups is 1. The number of ether oxygens (including phenoxy) is 1. The van der Waals surface area contributed by atoms with E-state index in [1.165, 1.54) is 18.2 Å². The summed E-state index contributed by atoms with van der Waals surface area (Å²) in [4.78, 5) is 12.0. The zero-order chi connectivity index (χ0) is 18.7. The van der Waals surface area contributed by atoms with E-state index in [0.717, 1.165) is 6.07 Å². The fourth-order valence-electron chi connectivity index (χ4n) is 2.00. The van der Waals surface area contributed by atoms with E-state index < -0.39 is 35.5 Å². The molecule has 0 aromatic heterocycles. The van der Waals surface area contributed by atoms with Gasteiger partial charge in [-0.15, -0.1) is 0 Å². The number of rotatable bonds is 6. The van der Waals surface area contributed by atoms with Gasteiger partial charge in [0.1, 0.15) is 12.0 Å². The van der Waals surface area contributed by atoms with Gasteiger partial charge in [-0.25, -0.2) is 4.79 Å². The molecule has 0 radical (unpaired) electrons. The van der Waals surface area contributed by atoms with E-state index in [1.54, 1.807) is 18.2 Å². The molecule has 0 N–H and O–H groups in total. The van der Waals surface area contributed by atoms with Crippen LogP contribution in [0.3, 0.4) is 0 Å². The molecule has 1 atom stereocenters. The second-order valence-electron chi connectivity index (χ2n) is 4.63. The van der Waals surface area contributed by atoms with Gasteiger partial charge in [-0.05, 0) is 16.8 Å². The molecule has 0 saturated heterocycles. The van der Waals surface area contributed by atoms with Crippen LogP contribution < -0.4 is 5.26 Å². The summed E-state index contributed by atoms with van der Waals surface area (Å²) in [7, 11) is 0. The molecule has 0 fully saturated rings. The molecule has 5 nitrogen and oxygen atoms in total. The molecule has 0 aliphatic rings. The van der Waals surface area contributed by atoms with Gasteiger partial charge in [0.2, 0.25) is 0 Å². The molecule has 0 saturated carbocycles. The molecule has 25 heavy (non-hydrogen) atoms. The Morgan fingerprint density at radius 2 is 1.68 bits per heavy atom. The number of halogens is 5. The molecule has 1 unspecified atom stereocenters. The van der Waals surface area contributed by atoms with Crippen LogP contribution in [-0.2, 0) is 14.1 Å². The van der Waals surface area contributed by atoms with Crippen LogP contribution in [-0.4, -0.2) is 23.5 Å². The van der Waals surface area contributed by atoms with Crippen molar-refractivity contribution >= 4 is 28.8 Å². The lowest BCUT2D eigenvalue weighted by atomic mass is 10.0. The fraction of sp³-hybridized carbons (Fsp3) is 0.214. The third kappa shape index (κ3) is 4.57. The van der Waals surface area contributed by atoms with Gasteiger partial charge in [0.15, 0.2) is 0 Å². The molecule has 2 aromatic carbocycles. The molecular weight excluding hydrogens is 375 g/mol. The van der Waals surface area contributed by atoms with Crippen molar-refractivity contribution in [3.05, 3.63) is 48.0 Å². The second kappa shape index (κ2) is 7.52. The van der Waals surface area contributed by atoms with Crippen LogP contribution in [0.4, 0.5) is 22.0 Å². The van der Waals surface area contributed by atoms with Crippen molar-refractivity contribution in [1.29, 1.82) is 0 Å². The Kier molecular flexibility index (Phi) is 5.83. The summed E-state index contributed by atoms with van der Waals surface area (Å²) in [6.07, 6.45) is -9.48. The maximum absolute atomic E-state index is 13.6. The highest BCUT2D eigenvalue weighted by atomic mass is 32.2. The summed E-state index contributed by atoms with van der Waals surface area (Å²) in [6, 6.07) is 10.2. The normalized spacial score (nSPS) is 13.7. The third-order valence-corrected chi connectivity index (χ3v) is 3.57. The maximum atomic E-state index is 13.6. The van der Waals surface area contributed by atoms with Crippen molar-refractivity contribution in [3.63, 3.8) is 0 Å². The van der Waals surface area contributed by atoms with E-state index in [1.807, 2.05) is 0 Å². The first kappa shape index (κ1) is 19.4. The molecule has 136 valence electrons. The van der Waals surface area contributed by atoms with E-state index in [4.69, 9.17) is 0 Å². The van der Waals surface area contributed by atoms with E-state index in [9.17, 15) is 32.0 Å². The number of hydrogen-bond acceptors (Lipinski definition) is 6. The summed E-state index contributed by atoms with van der Waals surface area (Å²) in [5, 5.41) is 8.10. The maximum Gasteiger partial charge on any atom is 0.432 e. The highest BCUT2D eigenvalue weighted by Crippen LogP contribution is 2.43. The summed E-state index contributed by atoms with van der Waals surface area (Å²) < 4.78 is 73.1. The third-order valence-electron chi connectivity index (χ3n) is 3.01. The highest BCUT2D eigenvalue weighted by Gasteiger charge is 2.60. The summed E-state index contributed by atoms with van der Waals surface area (Å²) in [5.41, 5.74) is -0.325. The number of hydrogen-bond donors (Lipinski definition) is 0. The molecule has 11 heteroatoms. The number of fused-ring (bicyclic) bond motifs is 1. The molecule has 0 spiro atoms. The van der Waals surface area contributed by atoms with Gasteiger partial charge in [0, 0.05) is 0 Å². The van der Waals surface area contributed by atoms with Crippen molar-refractivity contribution in [2.75, 3.05) is 0 Å². The lowest BCUT2D eigenvalue weighted by Crippen LogP contribution is -2.46. The van der Waals surface area contributed by atoms with E-state index >= 15 is 0 Å². The van der Waals surface area contributed by atoms with Crippen LogP contribution in [0.1, 0.15) is 10.4 Å². The van der Waals surface area contributed by atoms with Crippen LogP contribution in [0.15, 0.2) is 42.5 Å². The fourth-order valence-corrected chi connectivity index (χ4v) is 2.39. The van der Waals surface area contributed by atoms with Crippen molar-refractivity contribution in [1.82, 2.24) is 0 Å². The van der Waals surface area contributed by atoms with Crippen molar-refractivity contribution in [2.24, 2.45) is 0 Å². The van der Waals surface area contributed by atoms with Crippen LogP contribution in [0, 0.1) is 0 Å². The smallest absolute Gasteiger partial charge is 0.432 e. The van der Waals surface area contributed by atoms with Gasteiger partial charge in [0.25, 0.3) is 6.10 Å². The molecule has 0 heterocycles. The Hall–Kier alpha value is -1.95. The lowest BCUT2D eigenvalue weighted by Gasteiger charge is -2.27. The second-order valence-corrected chi connectivity index (χ2v) is 5.48. The summed E-state index contributed by atoms with van der Waals surface area (Å²) in [5.74, 6) is -1.61. The van der Waals surface area contributed by atoms with Gasteiger partial charge in [-0.1, -0.05) is 36.4 Å². The first-order chi connectivity index (χ1) is 11.7. The zero-order valence-electron chi connectivity index (χ0n) is 12.0. The van der Waals surface area contributed by atoms with Crippen molar-refractivity contribution in [3.8, 4) is 0 Å². The topological polar surface area (TPSA) is 67.8 Å². The Labute approximate surface area is 141 Å². The predicted molar refractivity (Wildman–Crippen MR) is 73.9 cm³/mol. The Balaban J connectivity index is 2.33. The molecule has 0 amide bonds. The molecule has 2 aromatic rings. The standard InChI is InChI=1S/C14H9F5O5S/c15-13(16,17)12(14(18,19)25-24-23-21)22-11(20)10-7-3-5-8-4-1-2-6-9(8)10/h1-7,12,21H/p-1. The van der Waals surface area contributed by atoms with E-state index in [0.29, 0.717) is 5.39 Å². The van der Waals surface area contributed by atoms with Gasteiger partial charge >= 0.3 is 17.4 Å². The van der Waals surface area contributed by atoms with Gasteiger partial charge < -0.3 is 9.99 Å². The first-order valence-electron chi connectivity index (χ1n) is 6.44. The minimum absolute atomic E-state index is 0.228. The first-order valence-corrected chi connectivity index (χ1v) is 7.18. The Morgan fingerprint density at radius 3 is 2.32 bits per heavy atom. The molecule has 2 rings (SSSR count). The number of esters is 1. The number of alkyl halides is 5. The summed E-state index contributed by atoms with van der Waals surface area (Å²) >= 11 is -1.21. The minimum atomic E-state index is -5.62. The lowest BCUT2D eigenvalue weighted by molar-refractivity contribution is -0.777. The molecule has 0 bridgehead atoms. The molecular formula is C14H8F5O5S-. The Bertz CT molecular complexity index is 746. The average Bonchev–Trinajstić information content (AvgIpc) is 2.56. The van der Waals surface area contributed by atoms with Crippen molar-refractivity contribution < 1.29 is 46.1 Å². The number of benzene rings is 2. The monoisotopic (exact) mass is 383 g/mol. The number of carbonyl (C=O) groups excluding carboxylic acids is 1. The quantitative estimate of drug-likeness (QED) is 0.250. The van der Waals surface area contributed by atoms with Crippen LogP contribution in [0.5, 0.6) is 0 Å². The van der Waals surface area contributed by atoms with E-state index in [-0.39, 0.29) is 10.9 Å². The Morgan fingerprint density at radius 1 is 1.04 bits per heavy atom. The molecule has 0 aliphatic carbocycles. The highest BCUT2D eigenvalue weighted by molar-refractivity contribution is 7.95. The predicted octanol–water partition coefficient (Wildman–Crippen LogP) is 3.39.